The molecular weight excluding hydrogens is 336 g/mol. The van der Waals surface area contributed by atoms with Gasteiger partial charge in [-0.15, -0.1) is 0 Å². The van der Waals surface area contributed by atoms with Crippen LogP contribution in [0.1, 0.15) is 48.5 Å². The van der Waals surface area contributed by atoms with Crippen molar-refractivity contribution in [1.82, 2.24) is 10.6 Å². The number of benzene rings is 1. The van der Waals surface area contributed by atoms with Crippen molar-refractivity contribution in [3.63, 3.8) is 0 Å². The van der Waals surface area contributed by atoms with Gasteiger partial charge in [0.2, 0.25) is 5.91 Å². The number of thioether (sulfide) groups is 1. The Bertz CT molecular complexity index is 689. The standard InChI is InChI=1S/C18H24N4O2S/c1-18(9-11-25-17(19)22-18)13-7-5-12(6-8-13)15(23)21-14-4-2-3-10-20-16(14)24/h5-8,14H,2-4,9-11H2,1H3,(H2,19,22)(H,20,24)(H,21,23). The van der Waals surface area contributed by atoms with E-state index >= 15 is 0 Å². The van der Waals surface area contributed by atoms with Crippen LogP contribution in [0.2, 0.25) is 0 Å². The van der Waals surface area contributed by atoms with Gasteiger partial charge in [0, 0.05) is 17.9 Å². The highest BCUT2D eigenvalue weighted by molar-refractivity contribution is 8.13. The van der Waals surface area contributed by atoms with Crippen molar-refractivity contribution in [1.29, 1.82) is 0 Å². The fraction of sp³-hybridized carbons (Fsp3) is 0.500. The monoisotopic (exact) mass is 360 g/mol. The van der Waals surface area contributed by atoms with E-state index in [9.17, 15) is 9.59 Å². The maximum atomic E-state index is 12.4. The molecule has 1 fully saturated rings. The molecular formula is C18H24N4O2S. The van der Waals surface area contributed by atoms with Gasteiger partial charge in [-0.2, -0.15) is 0 Å². The number of hydrogen-bond acceptors (Lipinski definition) is 5. The summed E-state index contributed by atoms with van der Waals surface area (Å²) in [6.45, 7) is 2.74. The average molecular weight is 360 g/mol. The number of rotatable bonds is 3. The molecule has 2 unspecified atom stereocenters. The minimum absolute atomic E-state index is 0.0977. The lowest BCUT2D eigenvalue weighted by atomic mass is 9.89. The summed E-state index contributed by atoms with van der Waals surface area (Å²) in [5.41, 5.74) is 7.11. The highest BCUT2D eigenvalue weighted by atomic mass is 32.2. The maximum Gasteiger partial charge on any atom is 0.251 e. The van der Waals surface area contributed by atoms with Gasteiger partial charge in [-0.25, -0.2) is 0 Å². The normalized spacial score (nSPS) is 27.0. The Balaban J connectivity index is 1.70. The molecule has 0 radical (unpaired) electrons. The Morgan fingerprint density at radius 3 is 2.84 bits per heavy atom. The minimum atomic E-state index is -0.452. The second-order valence-electron chi connectivity index (χ2n) is 6.71. The van der Waals surface area contributed by atoms with E-state index in [1.165, 1.54) is 0 Å². The summed E-state index contributed by atoms with van der Waals surface area (Å²) in [5.74, 6) is 0.616. The zero-order chi connectivity index (χ0) is 17.9. The van der Waals surface area contributed by atoms with E-state index in [0.717, 1.165) is 30.6 Å². The molecule has 0 aliphatic carbocycles. The number of hydrogen-bond donors (Lipinski definition) is 3. The van der Waals surface area contributed by atoms with E-state index in [-0.39, 0.29) is 17.4 Å². The third-order valence-corrected chi connectivity index (χ3v) is 5.60. The first-order chi connectivity index (χ1) is 12.0. The molecule has 1 aromatic carbocycles. The number of nitrogens with one attached hydrogen (secondary N) is 2. The first kappa shape index (κ1) is 17.8. The van der Waals surface area contributed by atoms with Crippen LogP contribution in [0, 0.1) is 0 Å². The van der Waals surface area contributed by atoms with Gasteiger partial charge in [-0.1, -0.05) is 23.9 Å². The predicted octanol–water partition coefficient (Wildman–Crippen LogP) is 1.75. The van der Waals surface area contributed by atoms with Crippen LogP contribution in [0.5, 0.6) is 0 Å². The van der Waals surface area contributed by atoms with Crippen LogP contribution in [0.15, 0.2) is 29.3 Å². The fourth-order valence-electron chi connectivity index (χ4n) is 3.19. The van der Waals surface area contributed by atoms with Crippen LogP contribution in [0.3, 0.4) is 0 Å². The topological polar surface area (TPSA) is 96.6 Å². The zero-order valence-electron chi connectivity index (χ0n) is 14.4. The quantitative estimate of drug-likeness (QED) is 0.765. The van der Waals surface area contributed by atoms with Gasteiger partial charge in [0.05, 0.1) is 5.54 Å². The fourth-order valence-corrected chi connectivity index (χ4v) is 4.17. The predicted molar refractivity (Wildman–Crippen MR) is 101 cm³/mol. The molecule has 7 heteroatoms. The molecule has 134 valence electrons. The van der Waals surface area contributed by atoms with Crippen LogP contribution in [0.4, 0.5) is 0 Å². The minimum Gasteiger partial charge on any atom is -0.379 e. The molecule has 2 atom stereocenters. The third-order valence-electron chi connectivity index (χ3n) is 4.81. The molecule has 25 heavy (non-hydrogen) atoms. The molecule has 0 spiro atoms. The lowest BCUT2D eigenvalue weighted by Crippen LogP contribution is -2.45. The van der Waals surface area contributed by atoms with Crippen molar-refractivity contribution in [2.24, 2.45) is 10.7 Å². The molecule has 6 nitrogen and oxygen atoms in total. The van der Waals surface area contributed by atoms with Gasteiger partial charge in [0.1, 0.15) is 6.04 Å². The van der Waals surface area contributed by atoms with Crippen molar-refractivity contribution in [3.8, 4) is 0 Å². The number of carbonyl (C=O) groups excluding carboxylic acids is 2. The summed E-state index contributed by atoms with van der Waals surface area (Å²) in [6, 6.07) is 6.98. The van der Waals surface area contributed by atoms with Crippen LogP contribution >= 0.6 is 11.8 Å². The molecule has 2 aliphatic rings. The van der Waals surface area contributed by atoms with Gasteiger partial charge in [0.25, 0.3) is 5.91 Å². The van der Waals surface area contributed by atoms with Gasteiger partial charge < -0.3 is 16.4 Å². The zero-order valence-corrected chi connectivity index (χ0v) is 15.2. The molecule has 2 aliphatic heterocycles. The molecule has 0 saturated carbocycles. The van der Waals surface area contributed by atoms with Crippen molar-refractivity contribution >= 4 is 28.7 Å². The third kappa shape index (κ3) is 4.15. The van der Waals surface area contributed by atoms with E-state index in [0.29, 0.717) is 23.7 Å². The smallest absolute Gasteiger partial charge is 0.251 e. The van der Waals surface area contributed by atoms with Crippen molar-refractivity contribution < 1.29 is 9.59 Å². The van der Waals surface area contributed by atoms with E-state index in [4.69, 9.17) is 5.73 Å². The van der Waals surface area contributed by atoms with Crippen LogP contribution in [-0.2, 0) is 10.3 Å². The lowest BCUT2D eigenvalue weighted by Gasteiger charge is -2.29. The highest BCUT2D eigenvalue weighted by Gasteiger charge is 2.29. The second kappa shape index (κ2) is 7.47. The first-order valence-electron chi connectivity index (χ1n) is 8.65. The van der Waals surface area contributed by atoms with E-state index < -0.39 is 6.04 Å². The molecule has 1 aromatic rings. The van der Waals surface area contributed by atoms with Gasteiger partial charge in [-0.05, 0) is 50.3 Å². The number of amidine groups is 1. The maximum absolute atomic E-state index is 12.4. The summed E-state index contributed by atoms with van der Waals surface area (Å²) in [4.78, 5) is 29.0. The van der Waals surface area contributed by atoms with E-state index in [1.54, 1.807) is 23.9 Å². The van der Waals surface area contributed by atoms with E-state index in [1.807, 2.05) is 12.1 Å². The Morgan fingerprint density at radius 2 is 2.12 bits per heavy atom. The van der Waals surface area contributed by atoms with Crippen LogP contribution in [0.25, 0.3) is 0 Å². The Kier molecular flexibility index (Phi) is 5.32. The molecule has 2 heterocycles. The SMILES string of the molecule is CC1(c2ccc(C(=O)NC3CCCCNC3=O)cc2)CCSC(N)=N1. The summed E-state index contributed by atoms with van der Waals surface area (Å²) in [7, 11) is 0. The molecule has 0 bridgehead atoms. The Morgan fingerprint density at radius 1 is 1.36 bits per heavy atom. The van der Waals surface area contributed by atoms with E-state index in [2.05, 4.69) is 22.5 Å². The van der Waals surface area contributed by atoms with Crippen LogP contribution < -0.4 is 16.4 Å². The number of carbonyl (C=O) groups is 2. The first-order valence-corrected chi connectivity index (χ1v) is 9.64. The van der Waals surface area contributed by atoms with Crippen molar-refractivity contribution in [3.05, 3.63) is 35.4 Å². The van der Waals surface area contributed by atoms with Gasteiger partial charge in [-0.3, -0.25) is 14.6 Å². The van der Waals surface area contributed by atoms with Crippen molar-refractivity contribution in [2.75, 3.05) is 12.3 Å². The number of amides is 2. The summed E-state index contributed by atoms with van der Waals surface area (Å²) in [5, 5.41) is 6.28. The summed E-state index contributed by atoms with van der Waals surface area (Å²) in [6.07, 6.45) is 3.47. The number of aliphatic imine (C=N–C) groups is 1. The molecule has 3 rings (SSSR count). The second-order valence-corrected chi connectivity index (χ2v) is 7.83. The molecule has 0 aromatic heterocycles. The Labute approximate surface area is 152 Å². The highest BCUT2D eigenvalue weighted by Crippen LogP contribution is 2.34. The summed E-state index contributed by atoms with van der Waals surface area (Å²) >= 11 is 1.57. The molecule has 4 N–H and O–H groups in total. The van der Waals surface area contributed by atoms with Gasteiger partial charge in [0.15, 0.2) is 5.17 Å². The van der Waals surface area contributed by atoms with Gasteiger partial charge >= 0.3 is 0 Å². The molecule has 1 saturated heterocycles. The molecule has 2 amide bonds. The average Bonchev–Trinajstić information content (AvgIpc) is 2.79. The lowest BCUT2D eigenvalue weighted by molar-refractivity contribution is -0.122. The summed E-state index contributed by atoms with van der Waals surface area (Å²) < 4.78 is 0. The number of nitrogens with zero attached hydrogens (tertiary/aromatic N) is 1. The van der Waals surface area contributed by atoms with Crippen molar-refractivity contribution in [2.45, 2.75) is 44.2 Å². The largest absolute Gasteiger partial charge is 0.379 e. The number of nitrogens with two attached hydrogens (primary N) is 1. The van der Waals surface area contributed by atoms with Crippen LogP contribution in [-0.4, -0.2) is 35.3 Å². The Hall–Kier alpha value is -2.02.